The molecule has 0 aromatic rings. The molecule has 7 heteroatoms. The van der Waals surface area contributed by atoms with Gasteiger partial charge in [-0.2, -0.15) is 0 Å². The van der Waals surface area contributed by atoms with Gasteiger partial charge in [0.05, 0.1) is 0 Å². The Labute approximate surface area is 174 Å². The summed E-state index contributed by atoms with van der Waals surface area (Å²) in [4.78, 5) is 44.6. The zero-order chi connectivity index (χ0) is 20.6. The first-order chi connectivity index (χ1) is 13.9. The standard InChI is InChI=1S/C22H36N4O3/c1-16(2)15-24-13-9-22(10-14-24)20(28)26(21(29)23-22)18-7-11-25(12-8-18)19(27)17-5-3-4-6-17/h16-18H,3-15H2,1-2H3,(H,23,29). The molecule has 0 unspecified atom stereocenters. The Hall–Kier alpha value is -1.63. The van der Waals surface area contributed by atoms with Crippen molar-refractivity contribution in [2.75, 3.05) is 32.7 Å². The summed E-state index contributed by atoms with van der Waals surface area (Å²) < 4.78 is 0. The Morgan fingerprint density at radius 2 is 1.66 bits per heavy atom. The van der Waals surface area contributed by atoms with Crippen LogP contribution in [0.4, 0.5) is 4.79 Å². The molecule has 0 aromatic carbocycles. The van der Waals surface area contributed by atoms with Gasteiger partial charge in [-0.3, -0.25) is 14.5 Å². The van der Waals surface area contributed by atoms with Crippen molar-refractivity contribution >= 4 is 17.8 Å². The maximum Gasteiger partial charge on any atom is 0.325 e. The van der Waals surface area contributed by atoms with Gasteiger partial charge in [-0.25, -0.2) is 4.79 Å². The Kier molecular flexibility index (Phi) is 5.87. The summed E-state index contributed by atoms with van der Waals surface area (Å²) in [7, 11) is 0. The van der Waals surface area contributed by atoms with Gasteiger partial charge >= 0.3 is 6.03 Å². The van der Waals surface area contributed by atoms with Crippen molar-refractivity contribution in [2.45, 2.75) is 76.8 Å². The van der Waals surface area contributed by atoms with E-state index in [4.69, 9.17) is 0 Å². The minimum atomic E-state index is -0.707. The number of nitrogens with zero attached hydrogens (tertiary/aromatic N) is 3. The van der Waals surface area contributed by atoms with Gasteiger partial charge in [0.25, 0.3) is 5.91 Å². The van der Waals surface area contributed by atoms with Crippen molar-refractivity contribution in [1.82, 2.24) is 20.0 Å². The lowest BCUT2D eigenvalue weighted by Gasteiger charge is -2.39. The molecule has 0 bridgehead atoms. The molecule has 4 amide bonds. The predicted octanol–water partition coefficient (Wildman–Crippen LogP) is 2.21. The van der Waals surface area contributed by atoms with Crippen molar-refractivity contribution < 1.29 is 14.4 Å². The maximum absolute atomic E-state index is 13.3. The lowest BCUT2D eigenvalue weighted by molar-refractivity contribution is -0.138. The fourth-order valence-corrected chi connectivity index (χ4v) is 5.72. The van der Waals surface area contributed by atoms with Crippen molar-refractivity contribution in [3.63, 3.8) is 0 Å². The molecule has 4 aliphatic rings. The van der Waals surface area contributed by atoms with Gasteiger partial charge < -0.3 is 15.1 Å². The van der Waals surface area contributed by atoms with Crippen molar-refractivity contribution in [1.29, 1.82) is 0 Å². The summed E-state index contributed by atoms with van der Waals surface area (Å²) in [6.07, 6.45) is 7.14. The topological polar surface area (TPSA) is 73.0 Å². The van der Waals surface area contributed by atoms with E-state index in [0.717, 1.165) is 45.3 Å². The molecule has 0 atom stereocenters. The number of hydrogen-bond acceptors (Lipinski definition) is 4. The van der Waals surface area contributed by atoms with Crippen LogP contribution in [0.1, 0.15) is 65.2 Å². The Morgan fingerprint density at radius 1 is 1.03 bits per heavy atom. The van der Waals surface area contributed by atoms with Crippen LogP contribution in [-0.2, 0) is 9.59 Å². The first-order valence-corrected chi connectivity index (χ1v) is 11.6. The SMILES string of the molecule is CC(C)CN1CCC2(CC1)NC(=O)N(C1CCN(C(=O)C3CCCC3)CC1)C2=O. The number of carbonyl (C=O) groups is 3. The smallest absolute Gasteiger partial charge is 0.325 e. The van der Waals surface area contributed by atoms with Crippen LogP contribution >= 0.6 is 0 Å². The summed E-state index contributed by atoms with van der Waals surface area (Å²) in [5.74, 6) is 1.05. The third kappa shape index (κ3) is 4.03. The van der Waals surface area contributed by atoms with Crippen LogP contribution in [0.2, 0.25) is 0 Å². The molecule has 7 nitrogen and oxygen atoms in total. The normalized spacial score (nSPS) is 26.7. The van der Waals surface area contributed by atoms with Crippen LogP contribution in [0, 0.1) is 11.8 Å². The average molecular weight is 405 g/mol. The molecule has 1 spiro atoms. The van der Waals surface area contributed by atoms with Gasteiger partial charge in [-0.1, -0.05) is 26.7 Å². The molecular weight excluding hydrogens is 368 g/mol. The van der Waals surface area contributed by atoms with Gasteiger partial charge in [0.2, 0.25) is 5.91 Å². The Morgan fingerprint density at radius 3 is 2.24 bits per heavy atom. The number of imide groups is 1. The van der Waals surface area contributed by atoms with Crippen LogP contribution < -0.4 is 5.32 Å². The van der Waals surface area contributed by atoms with Crippen LogP contribution in [0.15, 0.2) is 0 Å². The van der Waals surface area contributed by atoms with Crippen molar-refractivity contribution in [3.05, 3.63) is 0 Å². The molecule has 3 heterocycles. The highest BCUT2D eigenvalue weighted by Crippen LogP contribution is 2.33. The minimum Gasteiger partial charge on any atom is -0.342 e. The van der Waals surface area contributed by atoms with Gasteiger partial charge in [-0.15, -0.1) is 0 Å². The van der Waals surface area contributed by atoms with Crippen LogP contribution in [0.3, 0.4) is 0 Å². The van der Waals surface area contributed by atoms with E-state index < -0.39 is 5.54 Å². The summed E-state index contributed by atoms with van der Waals surface area (Å²) in [5.41, 5.74) is -0.707. The number of likely N-dealkylation sites (tertiary alicyclic amines) is 2. The number of carbonyl (C=O) groups excluding carboxylic acids is 3. The highest BCUT2D eigenvalue weighted by molar-refractivity contribution is 6.07. The molecule has 1 aliphatic carbocycles. The molecule has 1 saturated carbocycles. The second-order valence-corrected chi connectivity index (χ2v) is 9.92. The minimum absolute atomic E-state index is 0.0349. The second kappa shape index (κ2) is 8.25. The molecule has 162 valence electrons. The predicted molar refractivity (Wildman–Crippen MR) is 110 cm³/mol. The van der Waals surface area contributed by atoms with Crippen LogP contribution in [-0.4, -0.2) is 76.8 Å². The molecule has 3 saturated heterocycles. The lowest BCUT2D eigenvalue weighted by Crippen LogP contribution is -2.56. The summed E-state index contributed by atoms with van der Waals surface area (Å²) in [5, 5.41) is 3.05. The fourth-order valence-electron chi connectivity index (χ4n) is 5.72. The first-order valence-electron chi connectivity index (χ1n) is 11.6. The monoisotopic (exact) mass is 404 g/mol. The van der Waals surface area contributed by atoms with E-state index in [1.165, 1.54) is 4.90 Å². The number of urea groups is 1. The first kappa shape index (κ1) is 20.6. The van der Waals surface area contributed by atoms with E-state index in [1.807, 2.05) is 4.90 Å². The molecule has 4 rings (SSSR count). The molecular formula is C22H36N4O3. The summed E-state index contributed by atoms with van der Waals surface area (Å²) in [6, 6.07) is -0.309. The molecule has 0 aromatic heterocycles. The summed E-state index contributed by atoms with van der Waals surface area (Å²) in [6.45, 7) is 8.48. The third-order valence-electron chi connectivity index (χ3n) is 7.37. The van der Waals surface area contributed by atoms with Crippen molar-refractivity contribution in [3.8, 4) is 0 Å². The zero-order valence-corrected chi connectivity index (χ0v) is 18.0. The summed E-state index contributed by atoms with van der Waals surface area (Å²) >= 11 is 0. The van der Waals surface area contributed by atoms with E-state index in [1.54, 1.807) is 0 Å². The molecule has 0 radical (unpaired) electrons. The Bertz CT molecular complexity index is 642. The highest BCUT2D eigenvalue weighted by atomic mass is 16.2. The number of amides is 4. The van der Waals surface area contributed by atoms with Crippen LogP contribution in [0.25, 0.3) is 0 Å². The number of nitrogens with one attached hydrogen (secondary N) is 1. The molecule has 1 N–H and O–H groups in total. The fraction of sp³-hybridized carbons (Fsp3) is 0.864. The number of hydrogen-bond donors (Lipinski definition) is 1. The number of piperidine rings is 2. The second-order valence-electron chi connectivity index (χ2n) is 9.92. The van der Waals surface area contributed by atoms with E-state index in [9.17, 15) is 14.4 Å². The van der Waals surface area contributed by atoms with Gasteiger partial charge in [0.1, 0.15) is 5.54 Å². The third-order valence-corrected chi connectivity index (χ3v) is 7.37. The van der Waals surface area contributed by atoms with E-state index >= 15 is 0 Å². The van der Waals surface area contributed by atoms with Gasteiger partial charge in [0, 0.05) is 44.7 Å². The molecule has 29 heavy (non-hydrogen) atoms. The zero-order valence-electron chi connectivity index (χ0n) is 18.0. The van der Waals surface area contributed by atoms with E-state index in [0.29, 0.717) is 44.7 Å². The largest absolute Gasteiger partial charge is 0.342 e. The maximum atomic E-state index is 13.3. The van der Waals surface area contributed by atoms with E-state index in [2.05, 4.69) is 24.1 Å². The quantitative estimate of drug-likeness (QED) is 0.729. The lowest BCUT2D eigenvalue weighted by atomic mass is 9.86. The Balaban J connectivity index is 1.33. The van der Waals surface area contributed by atoms with Gasteiger partial charge in [-0.05, 0) is 44.4 Å². The average Bonchev–Trinajstić information content (AvgIpc) is 3.31. The van der Waals surface area contributed by atoms with Crippen LogP contribution in [0.5, 0.6) is 0 Å². The molecule has 4 fully saturated rings. The molecule has 3 aliphatic heterocycles. The highest BCUT2D eigenvalue weighted by Gasteiger charge is 2.54. The van der Waals surface area contributed by atoms with Gasteiger partial charge in [0.15, 0.2) is 0 Å². The van der Waals surface area contributed by atoms with Crippen molar-refractivity contribution in [2.24, 2.45) is 11.8 Å². The van der Waals surface area contributed by atoms with E-state index in [-0.39, 0.29) is 29.8 Å². The number of rotatable bonds is 4.